The maximum absolute atomic E-state index is 12.6. The van der Waals surface area contributed by atoms with Crippen LogP contribution in [-0.4, -0.2) is 71.4 Å². The SMILES string of the molecule is O=C(c1nnc(-c2ccccc2)o1)N1CC(Oc2ccc(CN3CC[C@]4(CCOC4)C3)cc2)C1. The molecule has 3 fully saturated rings. The third-order valence-electron chi connectivity index (χ3n) is 7.10. The summed E-state index contributed by atoms with van der Waals surface area (Å²) >= 11 is 0. The highest BCUT2D eigenvalue weighted by Crippen LogP contribution is 2.38. The number of likely N-dealkylation sites (tertiary alicyclic amines) is 2. The summed E-state index contributed by atoms with van der Waals surface area (Å²) in [6.07, 6.45) is 2.40. The quantitative estimate of drug-likeness (QED) is 0.559. The molecule has 176 valence electrons. The molecular weight excluding hydrogens is 432 g/mol. The van der Waals surface area contributed by atoms with Crippen LogP contribution in [0.3, 0.4) is 0 Å². The largest absolute Gasteiger partial charge is 0.487 e. The van der Waals surface area contributed by atoms with Crippen LogP contribution < -0.4 is 4.74 Å². The van der Waals surface area contributed by atoms with Gasteiger partial charge in [0.05, 0.1) is 19.7 Å². The molecule has 1 atom stereocenters. The molecule has 2 aromatic carbocycles. The van der Waals surface area contributed by atoms with E-state index in [-0.39, 0.29) is 17.9 Å². The molecule has 3 aliphatic heterocycles. The third-order valence-corrected chi connectivity index (χ3v) is 7.10. The molecule has 1 amide bonds. The van der Waals surface area contributed by atoms with Gasteiger partial charge in [-0.1, -0.05) is 30.3 Å². The van der Waals surface area contributed by atoms with E-state index < -0.39 is 0 Å². The molecular formula is C26H28N4O4. The van der Waals surface area contributed by atoms with Crippen molar-refractivity contribution in [3.8, 4) is 17.2 Å². The lowest BCUT2D eigenvalue weighted by Crippen LogP contribution is -2.56. The summed E-state index contributed by atoms with van der Waals surface area (Å²) in [7, 11) is 0. The van der Waals surface area contributed by atoms with Gasteiger partial charge in [0.2, 0.25) is 5.89 Å². The van der Waals surface area contributed by atoms with Gasteiger partial charge in [0.1, 0.15) is 11.9 Å². The Bertz CT molecular complexity index is 1140. The second-order valence-electron chi connectivity index (χ2n) is 9.64. The first-order valence-corrected chi connectivity index (χ1v) is 11.9. The highest BCUT2D eigenvalue weighted by atomic mass is 16.5. The van der Waals surface area contributed by atoms with E-state index in [4.69, 9.17) is 13.9 Å². The first kappa shape index (κ1) is 21.3. The molecule has 8 heteroatoms. The Balaban J connectivity index is 0.980. The van der Waals surface area contributed by atoms with E-state index in [0.717, 1.165) is 44.2 Å². The van der Waals surface area contributed by atoms with Gasteiger partial charge in [-0.2, -0.15) is 0 Å². The van der Waals surface area contributed by atoms with Gasteiger partial charge < -0.3 is 18.8 Å². The zero-order chi connectivity index (χ0) is 23.0. The van der Waals surface area contributed by atoms with E-state index in [1.807, 2.05) is 42.5 Å². The predicted molar refractivity (Wildman–Crippen MR) is 124 cm³/mol. The second-order valence-corrected chi connectivity index (χ2v) is 9.64. The van der Waals surface area contributed by atoms with Crippen LogP contribution in [0, 0.1) is 5.41 Å². The Morgan fingerprint density at radius 1 is 1.06 bits per heavy atom. The van der Waals surface area contributed by atoms with E-state index in [1.54, 1.807) is 4.90 Å². The molecule has 4 heterocycles. The Kier molecular flexibility index (Phi) is 5.55. The third kappa shape index (κ3) is 4.31. The van der Waals surface area contributed by atoms with Crippen molar-refractivity contribution in [1.29, 1.82) is 0 Å². The Morgan fingerprint density at radius 2 is 1.88 bits per heavy atom. The zero-order valence-corrected chi connectivity index (χ0v) is 19.1. The minimum absolute atomic E-state index is 0.00881. The van der Waals surface area contributed by atoms with E-state index in [1.165, 1.54) is 18.4 Å². The van der Waals surface area contributed by atoms with Crippen molar-refractivity contribution < 1.29 is 18.7 Å². The van der Waals surface area contributed by atoms with Gasteiger partial charge in [-0.25, -0.2) is 0 Å². The van der Waals surface area contributed by atoms with Gasteiger partial charge in [-0.15, -0.1) is 10.2 Å². The number of rotatable bonds is 6. The number of amides is 1. The van der Waals surface area contributed by atoms with Gasteiger partial charge in [-0.05, 0) is 49.2 Å². The zero-order valence-electron chi connectivity index (χ0n) is 19.1. The summed E-state index contributed by atoms with van der Waals surface area (Å²) in [5, 5.41) is 7.92. The normalized spacial score (nSPS) is 22.9. The first-order valence-electron chi connectivity index (χ1n) is 11.9. The summed E-state index contributed by atoms with van der Waals surface area (Å²) in [6.45, 7) is 6.06. The van der Waals surface area contributed by atoms with E-state index in [2.05, 4.69) is 27.2 Å². The lowest BCUT2D eigenvalue weighted by molar-refractivity contribution is 0.0150. The van der Waals surface area contributed by atoms with Crippen LogP contribution in [0.5, 0.6) is 5.75 Å². The van der Waals surface area contributed by atoms with Crippen molar-refractivity contribution in [2.75, 3.05) is 39.4 Å². The minimum Gasteiger partial charge on any atom is -0.487 e. The van der Waals surface area contributed by atoms with Crippen molar-refractivity contribution in [1.82, 2.24) is 20.0 Å². The molecule has 8 nitrogen and oxygen atoms in total. The fraction of sp³-hybridized carbons (Fsp3) is 0.423. The Hall–Kier alpha value is -3.23. The smallest absolute Gasteiger partial charge is 0.311 e. The van der Waals surface area contributed by atoms with E-state index in [9.17, 15) is 4.79 Å². The first-order chi connectivity index (χ1) is 16.7. The molecule has 1 spiro atoms. The average molecular weight is 461 g/mol. The van der Waals surface area contributed by atoms with E-state index >= 15 is 0 Å². The molecule has 3 aromatic rings. The molecule has 0 radical (unpaired) electrons. The maximum atomic E-state index is 12.6. The number of benzene rings is 2. The van der Waals surface area contributed by atoms with Crippen LogP contribution in [0.25, 0.3) is 11.5 Å². The summed E-state index contributed by atoms with van der Waals surface area (Å²) in [6, 6.07) is 17.7. The number of ether oxygens (including phenoxy) is 2. The van der Waals surface area contributed by atoms with Crippen LogP contribution in [-0.2, 0) is 11.3 Å². The number of hydrogen-bond donors (Lipinski definition) is 0. The van der Waals surface area contributed by atoms with E-state index in [0.29, 0.717) is 24.4 Å². The van der Waals surface area contributed by atoms with Gasteiger partial charge in [-0.3, -0.25) is 9.69 Å². The number of carbonyl (C=O) groups is 1. The molecule has 3 aliphatic rings. The number of carbonyl (C=O) groups excluding carboxylic acids is 1. The Morgan fingerprint density at radius 3 is 2.65 bits per heavy atom. The number of hydrogen-bond acceptors (Lipinski definition) is 7. The van der Waals surface area contributed by atoms with Gasteiger partial charge >= 0.3 is 11.8 Å². The second kappa shape index (κ2) is 8.85. The molecule has 0 unspecified atom stereocenters. The van der Waals surface area contributed by atoms with Gasteiger partial charge in [0.15, 0.2) is 0 Å². The number of nitrogens with zero attached hydrogens (tertiary/aromatic N) is 4. The summed E-state index contributed by atoms with van der Waals surface area (Å²) in [5.74, 6) is 0.917. The lowest BCUT2D eigenvalue weighted by atomic mass is 9.87. The summed E-state index contributed by atoms with van der Waals surface area (Å²) < 4.78 is 17.3. The standard InChI is InChI=1S/C26H28N4O4/c31-25(24-28-27-23(34-24)20-4-2-1-3-5-20)30-15-22(16-30)33-21-8-6-19(7-9-21)14-29-12-10-26(17-29)11-13-32-18-26/h1-9,22H,10-18H2/t26-/m0/s1. The fourth-order valence-corrected chi connectivity index (χ4v) is 5.08. The highest BCUT2D eigenvalue weighted by Gasteiger charge is 2.41. The Labute approximate surface area is 198 Å². The summed E-state index contributed by atoms with van der Waals surface area (Å²) in [4.78, 5) is 16.8. The average Bonchev–Trinajstić information content (AvgIpc) is 3.60. The molecule has 0 bridgehead atoms. The van der Waals surface area contributed by atoms with Crippen LogP contribution in [0.2, 0.25) is 0 Å². The molecule has 3 saturated heterocycles. The summed E-state index contributed by atoms with van der Waals surface area (Å²) in [5.41, 5.74) is 2.47. The molecule has 6 rings (SSSR count). The van der Waals surface area contributed by atoms with Gasteiger partial charge in [0.25, 0.3) is 0 Å². The molecule has 1 aromatic heterocycles. The lowest BCUT2D eigenvalue weighted by Gasteiger charge is -2.38. The van der Waals surface area contributed by atoms with Crippen LogP contribution in [0.1, 0.15) is 29.1 Å². The predicted octanol–water partition coefficient (Wildman–Crippen LogP) is 3.25. The monoisotopic (exact) mass is 460 g/mol. The topological polar surface area (TPSA) is 80.9 Å². The molecule has 0 saturated carbocycles. The van der Waals surface area contributed by atoms with Crippen LogP contribution in [0.4, 0.5) is 0 Å². The van der Waals surface area contributed by atoms with Crippen molar-refractivity contribution in [2.45, 2.75) is 25.5 Å². The molecule has 0 aliphatic carbocycles. The van der Waals surface area contributed by atoms with Crippen LogP contribution >= 0.6 is 0 Å². The highest BCUT2D eigenvalue weighted by molar-refractivity contribution is 5.90. The fourth-order valence-electron chi connectivity index (χ4n) is 5.08. The van der Waals surface area contributed by atoms with Crippen molar-refractivity contribution >= 4 is 5.91 Å². The number of aromatic nitrogens is 2. The molecule has 34 heavy (non-hydrogen) atoms. The van der Waals surface area contributed by atoms with Crippen molar-refractivity contribution in [3.63, 3.8) is 0 Å². The van der Waals surface area contributed by atoms with Crippen molar-refractivity contribution in [3.05, 3.63) is 66.1 Å². The van der Waals surface area contributed by atoms with Gasteiger partial charge in [0, 0.05) is 30.7 Å². The van der Waals surface area contributed by atoms with Crippen molar-refractivity contribution in [2.24, 2.45) is 5.41 Å². The molecule has 0 N–H and O–H groups in total. The van der Waals surface area contributed by atoms with Crippen LogP contribution in [0.15, 0.2) is 59.0 Å². The minimum atomic E-state index is -0.263. The maximum Gasteiger partial charge on any atom is 0.311 e.